The highest BCUT2D eigenvalue weighted by molar-refractivity contribution is 5.75. The second kappa shape index (κ2) is 8.42. The molecule has 0 bridgehead atoms. The number of carbonyl (C=O) groups excluding carboxylic acids is 1. The Morgan fingerprint density at radius 1 is 1.04 bits per heavy atom. The van der Waals surface area contributed by atoms with Crippen molar-refractivity contribution in [3.63, 3.8) is 0 Å². The molecule has 5 heteroatoms. The van der Waals surface area contributed by atoms with Gasteiger partial charge in [-0.2, -0.15) is 0 Å². The Labute approximate surface area is 147 Å². The monoisotopic (exact) mass is 341 g/mol. The van der Waals surface area contributed by atoms with Gasteiger partial charge in [-0.05, 0) is 48.2 Å². The number of hydrogen-bond acceptors (Lipinski definition) is 4. The Kier molecular flexibility index (Phi) is 5.77. The molecular weight excluding hydrogens is 318 g/mol. The number of benzene rings is 2. The molecule has 0 radical (unpaired) electrons. The summed E-state index contributed by atoms with van der Waals surface area (Å²) in [7, 11) is 1.64. The van der Waals surface area contributed by atoms with E-state index in [-0.39, 0.29) is 5.91 Å². The lowest BCUT2D eigenvalue weighted by atomic mass is 10.1. The molecule has 0 aliphatic carbocycles. The molecule has 132 valence electrons. The van der Waals surface area contributed by atoms with Crippen molar-refractivity contribution in [2.24, 2.45) is 0 Å². The lowest BCUT2D eigenvalue weighted by Crippen LogP contribution is -2.22. The van der Waals surface area contributed by atoms with E-state index in [0.717, 1.165) is 41.2 Å². The van der Waals surface area contributed by atoms with Crippen molar-refractivity contribution in [1.29, 1.82) is 0 Å². The van der Waals surface area contributed by atoms with E-state index in [0.29, 0.717) is 26.2 Å². The van der Waals surface area contributed by atoms with Crippen LogP contribution in [-0.4, -0.2) is 26.2 Å². The van der Waals surface area contributed by atoms with Crippen molar-refractivity contribution >= 4 is 5.91 Å². The second-order valence-corrected chi connectivity index (χ2v) is 5.96. The first kappa shape index (κ1) is 17.1. The third-order valence-corrected chi connectivity index (χ3v) is 4.12. The molecule has 25 heavy (non-hydrogen) atoms. The van der Waals surface area contributed by atoms with Gasteiger partial charge in [-0.25, -0.2) is 0 Å². The zero-order valence-corrected chi connectivity index (χ0v) is 14.4. The van der Waals surface area contributed by atoms with Gasteiger partial charge in [-0.15, -0.1) is 0 Å². The fourth-order valence-corrected chi connectivity index (χ4v) is 2.73. The largest absolute Gasteiger partial charge is 0.497 e. The molecule has 0 aromatic heterocycles. The van der Waals surface area contributed by atoms with E-state index < -0.39 is 0 Å². The first-order chi connectivity index (χ1) is 12.2. The Morgan fingerprint density at radius 3 is 2.52 bits per heavy atom. The maximum Gasteiger partial charge on any atom is 0.220 e. The molecule has 0 saturated heterocycles. The third-order valence-electron chi connectivity index (χ3n) is 4.12. The van der Waals surface area contributed by atoms with Crippen LogP contribution in [0.4, 0.5) is 0 Å². The highest BCUT2D eigenvalue weighted by atomic mass is 16.6. The van der Waals surface area contributed by atoms with Crippen LogP contribution in [0.1, 0.15) is 24.0 Å². The van der Waals surface area contributed by atoms with Gasteiger partial charge in [-0.1, -0.05) is 18.2 Å². The summed E-state index contributed by atoms with van der Waals surface area (Å²) in [5.41, 5.74) is 2.22. The van der Waals surface area contributed by atoms with Crippen molar-refractivity contribution in [3.8, 4) is 17.2 Å². The smallest absolute Gasteiger partial charge is 0.220 e. The number of methoxy groups -OCH3 is 1. The first-order valence-electron chi connectivity index (χ1n) is 8.53. The minimum Gasteiger partial charge on any atom is -0.497 e. The number of fused-ring (bicyclic) bond motifs is 1. The predicted molar refractivity (Wildman–Crippen MR) is 95.2 cm³/mol. The van der Waals surface area contributed by atoms with Gasteiger partial charge in [0.25, 0.3) is 0 Å². The molecule has 1 heterocycles. The molecule has 1 N–H and O–H groups in total. The summed E-state index contributed by atoms with van der Waals surface area (Å²) >= 11 is 0. The van der Waals surface area contributed by atoms with Gasteiger partial charge >= 0.3 is 0 Å². The van der Waals surface area contributed by atoms with E-state index >= 15 is 0 Å². The third kappa shape index (κ3) is 4.89. The van der Waals surface area contributed by atoms with Gasteiger partial charge in [0.15, 0.2) is 11.5 Å². The number of ether oxygens (including phenoxy) is 3. The minimum atomic E-state index is 0.0633. The van der Waals surface area contributed by atoms with Crippen molar-refractivity contribution in [1.82, 2.24) is 5.32 Å². The molecular formula is C20H23NO4. The van der Waals surface area contributed by atoms with Gasteiger partial charge < -0.3 is 19.5 Å². The molecule has 0 unspecified atom stereocenters. The zero-order chi connectivity index (χ0) is 17.5. The van der Waals surface area contributed by atoms with Gasteiger partial charge in [0.05, 0.1) is 7.11 Å². The standard InChI is InChI=1S/C20H23NO4/c1-23-17-8-5-16(6-9-17)14-21-20(22)4-2-3-15-7-10-18-19(13-15)25-12-11-24-18/h5-10,13H,2-4,11-12,14H2,1H3,(H,21,22). The number of aryl methyl sites for hydroxylation is 1. The molecule has 1 aliphatic heterocycles. The summed E-state index contributed by atoms with van der Waals surface area (Å²) in [5, 5.41) is 2.95. The molecule has 5 nitrogen and oxygen atoms in total. The van der Waals surface area contributed by atoms with E-state index in [1.807, 2.05) is 42.5 Å². The van der Waals surface area contributed by atoms with Crippen molar-refractivity contribution in [2.75, 3.05) is 20.3 Å². The van der Waals surface area contributed by atoms with Crippen LogP contribution in [0.15, 0.2) is 42.5 Å². The van der Waals surface area contributed by atoms with E-state index in [9.17, 15) is 4.79 Å². The molecule has 1 aliphatic rings. The zero-order valence-electron chi connectivity index (χ0n) is 14.4. The molecule has 0 saturated carbocycles. The Morgan fingerprint density at radius 2 is 1.76 bits per heavy atom. The van der Waals surface area contributed by atoms with Crippen LogP contribution in [0.25, 0.3) is 0 Å². The van der Waals surface area contributed by atoms with Crippen LogP contribution in [0.5, 0.6) is 17.2 Å². The molecule has 0 fully saturated rings. The SMILES string of the molecule is COc1ccc(CNC(=O)CCCc2ccc3c(c2)OCCO3)cc1. The van der Waals surface area contributed by atoms with Crippen molar-refractivity contribution < 1.29 is 19.0 Å². The number of nitrogens with one attached hydrogen (secondary N) is 1. The van der Waals surface area contributed by atoms with Gasteiger partial charge in [0.2, 0.25) is 5.91 Å². The summed E-state index contributed by atoms with van der Waals surface area (Å²) in [6.07, 6.45) is 2.14. The predicted octanol–water partition coefficient (Wildman–Crippen LogP) is 3.11. The summed E-state index contributed by atoms with van der Waals surface area (Å²) in [6, 6.07) is 13.7. The quantitative estimate of drug-likeness (QED) is 0.841. The van der Waals surface area contributed by atoms with Crippen LogP contribution in [0.3, 0.4) is 0 Å². The van der Waals surface area contributed by atoms with Crippen LogP contribution < -0.4 is 19.5 Å². The average molecular weight is 341 g/mol. The van der Waals surface area contributed by atoms with Crippen LogP contribution in [0, 0.1) is 0 Å². The fourth-order valence-electron chi connectivity index (χ4n) is 2.73. The topological polar surface area (TPSA) is 56.8 Å². The van der Waals surface area contributed by atoms with Gasteiger partial charge in [-0.3, -0.25) is 4.79 Å². The second-order valence-electron chi connectivity index (χ2n) is 5.96. The highest BCUT2D eigenvalue weighted by Gasteiger charge is 2.11. The first-order valence-corrected chi connectivity index (χ1v) is 8.53. The Hall–Kier alpha value is -2.69. The maximum atomic E-state index is 12.0. The van der Waals surface area contributed by atoms with Crippen molar-refractivity contribution in [3.05, 3.63) is 53.6 Å². The maximum absolute atomic E-state index is 12.0. The lowest BCUT2D eigenvalue weighted by Gasteiger charge is -2.18. The van der Waals surface area contributed by atoms with E-state index in [4.69, 9.17) is 14.2 Å². The Balaban J connectivity index is 1.40. The highest BCUT2D eigenvalue weighted by Crippen LogP contribution is 2.31. The van der Waals surface area contributed by atoms with Crippen molar-refractivity contribution in [2.45, 2.75) is 25.8 Å². The van der Waals surface area contributed by atoms with E-state index in [1.165, 1.54) is 0 Å². The molecule has 2 aromatic rings. The summed E-state index contributed by atoms with van der Waals surface area (Å²) < 4.78 is 16.2. The minimum absolute atomic E-state index is 0.0633. The lowest BCUT2D eigenvalue weighted by molar-refractivity contribution is -0.121. The molecule has 0 atom stereocenters. The molecule has 2 aromatic carbocycles. The summed E-state index contributed by atoms with van der Waals surface area (Å²) in [5.74, 6) is 2.47. The van der Waals surface area contributed by atoms with Gasteiger partial charge in [0.1, 0.15) is 19.0 Å². The molecule has 1 amide bonds. The van der Waals surface area contributed by atoms with Crippen LogP contribution in [-0.2, 0) is 17.8 Å². The fraction of sp³-hybridized carbons (Fsp3) is 0.350. The number of carbonyl (C=O) groups is 1. The Bertz CT molecular complexity index is 712. The number of amides is 1. The van der Waals surface area contributed by atoms with Gasteiger partial charge in [0, 0.05) is 13.0 Å². The van der Waals surface area contributed by atoms with Crippen LogP contribution in [0.2, 0.25) is 0 Å². The van der Waals surface area contributed by atoms with E-state index in [2.05, 4.69) is 5.32 Å². The molecule has 3 rings (SSSR count). The number of rotatable bonds is 7. The van der Waals surface area contributed by atoms with Crippen LogP contribution >= 0.6 is 0 Å². The number of hydrogen-bond donors (Lipinski definition) is 1. The summed E-state index contributed by atoms with van der Waals surface area (Å²) in [4.78, 5) is 12.0. The van der Waals surface area contributed by atoms with E-state index in [1.54, 1.807) is 7.11 Å². The normalized spacial score (nSPS) is 12.5. The summed E-state index contributed by atoms with van der Waals surface area (Å²) in [6.45, 7) is 1.72. The molecule has 0 spiro atoms. The average Bonchev–Trinajstić information content (AvgIpc) is 2.66.